The first kappa shape index (κ1) is 15.9. The Morgan fingerprint density at radius 2 is 1.46 bits per heavy atom. The molecule has 0 aromatic heterocycles. The second-order valence-electron chi connectivity index (χ2n) is 5.88. The maximum Gasteiger partial charge on any atom is 0.262 e. The van der Waals surface area contributed by atoms with Crippen molar-refractivity contribution in [3.05, 3.63) is 71.3 Å². The van der Waals surface area contributed by atoms with E-state index in [1.807, 2.05) is 30.3 Å². The van der Waals surface area contributed by atoms with Gasteiger partial charge in [0.15, 0.2) is 0 Å². The number of fused-ring (bicyclic) bond motifs is 1. The van der Waals surface area contributed by atoms with Crippen LogP contribution in [0.1, 0.15) is 33.2 Å². The number of nitrogens with zero attached hydrogens (tertiary/aromatic N) is 2. The van der Waals surface area contributed by atoms with Crippen LogP contribution in [0.2, 0.25) is 0 Å². The third kappa shape index (κ3) is 2.69. The number of hydrogen-bond donors (Lipinski definition) is 0. The summed E-state index contributed by atoms with van der Waals surface area (Å²) in [4.78, 5) is 40.2. The molecule has 5 nitrogen and oxygen atoms in total. The molecule has 5 heteroatoms. The molecule has 1 aliphatic heterocycles. The first-order chi connectivity index (χ1) is 11.5. The maximum absolute atomic E-state index is 12.7. The summed E-state index contributed by atoms with van der Waals surface area (Å²) in [6.45, 7) is 2.01. The number of carbonyl (C=O) groups is 3. The number of amides is 3. The average molecular weight is 322 g/mol. The van der Waals surface area contributed by atoms with Gasteiger partial charge in [0.1, 0.15) is 6.04 Å². The lowest BCUT2D eigenvalue weighted by molar-refractivity contribution is -0.134. The minimum Gasteiger partial charge on any atom is -0.340 e. The first-order valence-corrected chi connectivity index (χ1v) is 7.76. The summed E-state index contributed by atoms with van der Waals surface area (Å²) < 4.78 is 0. The van der Waals surface area contributed by atoms with Crippen molar-refractivity contribution in [3.8, 4) is 0 Å². The molecule has 0 saturated carbocycles. The predicted octanol–water partition coefficient (Wildman–Crippen LogP) is 2.33. The molecule has 0 saturated heterocycles. The lowest BCUT2D eigenvalue weighted by Crippen LogP contribution is -2.48. The molecule has 2 aromatic rings. The molecule has 0 radical (unpaired) electrons. The Labute approximate surface area is 140 Å². The van der Waals surface area contributed by atoms with Gasteiger partial charge in [0, 0.05) is 13.6 Å². The number of imide groups is 1. The Hall–Kier alpha value is -2.95. The third-order valence-electron chi connectivity index (χ3n) is 4.21. The summed E-state index contributed by atoms with van der Waals surface area (Å²) in [5.41, 5.74) is 1.70. The minimum absolute atomic E-state index is 0.270. The number of rotatable bonds is 4. The van der Waals surface area contributed by atoms with Crippen molar-refractivity contribution in [1.29, 1.82) is 0 Å². The van der Waals surface area contributed by atoms with Crippen LogP contribution < -0.4 is 0 Å². The van der Waals surface area contributed by atoms with Crippen molar-refractivity contribution in [1.82, 2.24) is 9.80 Å². The van der Waals surface area contributed by atoms with Crippen LogP contribution in [0, 0.1) is 0 Å². The average Bonchev–Trinajstić information content (AvgIpc) is 2.86. The molecule has 0 aliphatic carbocycles. The van der Waals surface area contributed by atoms with Gasteiger partial charge in [-0.2, -0.15) is 0 Å². The SMILES string of the molecule is C[C@@H](C(=O)N(C)Cc1ccccc1)N1C(=O)c2ccccc2C1=O. The van der Waals surface area contributed by atoms with Crippen molar-refractivity contribution in [3.63, 3.8) is 0 Å². The summed E-state index contributed by atoms with van der Waals surface area (Å²) in [6, 6.07) is 15.4. The second kappa shape index (κ2) is 6.28. The van der Waals surface area contributed by atoms with Crippen molar-refractivity contribution >= 4 is 17.7 Å². The van der Waals surface area contributed by atoms with Crippen molar-refractivity contribution in [2.24, 2.45) is 0 Å². The highest BCUT2D eigenvalue weighted by molar-refractivity contribution is 6.22. The fourth-order valence-electron chi connectivity index (χ4n) is 2.92. The van der Waals surface area contributed by atoms with E-state index in [9.17, 15) is 14.4 Å². The normalized spacial score (nSPS) is 14.5. The van der Waals surface area contributed by atoms with E-state index in [2.05, 4.69) is 0 Å². The zero-order valence-corrected chi connectivity index (χ0v) is 13.6. The van der Waals surface area contributed by atoms with Gasteiger partial charge < -0.3 is 4.90 Å². The Morgan fingerprint density at radius 1 is 0.958 bits per heavy atom. The van der Waals surface area contributed by atoms with E-state index in [1.165, 1.54) is 4.90 Å². The van der Waals surface area contributed by atoms with E-state index in [4.69, 9.17) is 0 Å². The molecular formula is C19H18N2O3. The summed E-state index contributed by atoms with van der Waals surface area (Å²) in [5, 5.41) is 0. The van der Waals surface area contributed by atoms with Crippen LogP contribution >= 0.6 is 0 Å². The lowest BCUT2D eigenvalue weighted by atomic mass is 10.1. The van der Waals surface area contributed by atoms with Gasteiger partial charge in [-0.1, -0.05) is 42.5 Å². The Bertz CT molecular complexity index is 766. The molecule has 0 bridgehead atoms. The Balaban J connectivity index is 1.77. The fourth-order valence-corrected chi connectivity index (χ4v) is 2.92. The van der Waals surface area contributed by atoms with Crippen LogP contribution in [0.3, 0.4) is 0 Å². The predicted molar refractivity (Wildman–Crippen MR) is 89.3 cm³/mol. The number of hydrogen-bond acceptors (Lipinski definition) is 3. The highest BCUT2D eigenvalue weighted by atomic mass is 16.2. The van der Waals surface area contributed by atoms with Crippen LogP contribution in [0.4, 0.5) is 0 Å². The molecule has 2 aromatic carbocycles. The molecule has 1 heterocycles. The van der Waals surface area contributed by atoms with Crippen molar-refractivity contribution < 1.29 is 14.4 Å². The lowest BCUT2D eigenvalue weighted by Gasteiger charge is -2.26. The van der Waals surface area contributed by atoms with Crippen LogP contribution in [0.15, 0.2) is 54.6 Å². The monoisotopic (exact) mass is 322 g/mol. The molecule has 3 amide bonds. The van der Waals surface area contributed by atoms with Crippen LogP contribution in [-0.2, 0) is 11.3 Å². The highest BCUT2D eigenvalue weighted by Crippen LogP contribution is 2.25. The highest BCUT2D eigenvalue weighted by Gasteiger charge is 2.41. The molecular weight excluding hydrogens is 304 g/mol. The van der Waals surface area contributed by atoms with Crippen LogP contribution in [0.25, 0.3) is 0 Å². The zero-order valence-electron chi connectivity index (χ0n) is 13.6. The first-order valence-electron chi connectivity index (χ1n) is 7.76. The van der Waals surface area contributed by atoms with Crippen LogP contribution in [-0.4, -0.2) is 40.6 Å². The van der Waals surface area contributed by atoms with Gasteiger partial charge in [0.2, 0.25) is 5.91 Å². The van der Waals surface area contributed by atoms with Gasteiger partial charge in [-0.05, 0) is 24.6 Å². The van der Waals surface area contributed by atoms with Crippen LogP contribution in [0.5, 0.6) is 0 Å². The smallest absolute Gasteiger partial charge is 0.262 e. The molecule has 1 aliphatic rings. The largest absolute Gasteiger partial charge is 0.340 e. The van der Waals surface area contributed by atoms with E-state index >= 15 is 0 Å². The molecule has 24 heavy (non-hydrogen) atoms. The summed E-state index contributed by atoms with van der Waals surface area (Å²) in [7, 11) is 1.67. The number of carbonyl (C=O) groups excluding carboxylic acids is 3. The van der Waals surface area contributed by atoms with E-state index < -0.39 is 17.9 Å². The zero-order chi connectivity index (χ0) is 17.3. The quantitative estimate of drug-likeness (QED) is 0.812. The van der Waals surface area contributed by atoms with E-state index in [0.717, 1.165) is 10.5 Å². The third-order valence-corrected chi connectivity index (χ3v) is 4.21. The molecule has 0 unspecified atom stereocenters. The number of benzene rings is 2. The van der Waals surface area contributed by atoms with Gasteiger partial charge in [-0.15, -0.1) is 0 Å². The van der Waals surface area contributed by atoms with E-state index in [-0.39, 0.29) is 5.91 Å². The number of likely N-dealkylation sites (N-methyl/N-ethyl adjacent to an activating group) is 1. The Kier molecular flexibility index (Phi) is 4.16. The van der Waals surface area contributed by atoms with Gasteiger partial charge in [-0.25, -0.2) is 0 Å². The maximum atomic E-state index is 12.7. The van der Waals surface area contributed by atoms with Crippen molar-refractivity contribution in [2.45, 2.75) is 19.5 Å². The molecule has 0 spiro atoms. The molecule has 0 fully saturated rings. The van der Waals surface area contributed by atoms with Crippen molar-refractivity contribution in [2.75, 3.05) is 7.05 Å². The summed E-state index contributed by atoms with van der Waals surface area (Å²) in [5.74, 6) is -1.09. The molecule has 0 N–H and O–H groups in total. The Morgan fingerprint density at radius 3 is 2.00 bits per heavy atom. The topological polar surface area (TPSA) is 57.7 Å². The second-order valence-corrected chi connectivity index (χ2v) is 5.88. The fraction of sp³-hybridized carbons (Fsp3) is 0.211. The van der Waals surface area contributed by atoms with E-state index in [1.54, 1.807) is 38.2 Å². The molecule has 3 rings (SSSR count). The summed E-state index contributed by atoms with van der Waals surface area (Å²) >= 11 is 0. The standard InChI is InChI=1S/C19H18N2O3/c1-13(17(22)20(2)12-14-8-4-3-5-9-14)21-18(23)15-10-6-7-11-16(15)19(21)24/h3-11,13H,12H2,1-2H3/t13-/m0/s1. The van der Waals surface area contributed by atoms with Gasteiger partial charge >= 0.3 is 0 Å². The molecule has 1 atom stereocenters. The minimum atomic E-state index is -0.842. The summed E-state index contributed by atoms with van der Waals surface area (Å²) in [6.07, 6.45) is 0. The molecule has 122 valence electrons. The van der Waals surface area contributed by atoms with E-state index in [0.29, 0.717) is 17.7 Å². The van der Waals surface area contributed by atoms with Gasteiger partial charge in [0.25, 0.3) is 11.8 Å². The van der Waals surface area contributed by atoms with Gasteiger partial charge in [0.05, 0.1) is 11.1 Å². The van der Waals surface area contributed by atoms with Gasteiger partial charge in [-0.3, -0.25) is 19.3 Å².